The van der Waals surface area contributed by atoms with Gasteiger partial charge < -0.3 is 15.8 Å². The molecule has 0 radical (unpaired) electrons. The second-order valence-electron chi connectivity index (χ2n) is 7.70. The molecule has 0 amide bonds. The number of hydrogen-bond acceptors (Lipinski definition) is 2. The number of aryl methyl sites for hydroxylation is 2. The summed E-state index contributed by atoms with van der Waals surface area (Å²) in [5.74, 6) is 1.27. The molecule has 0 aromatic heterocycles. The number of aliphatic imine (C=N–C) groups is 1. The standard InChI is InChI=1S/C19H27N3O/c1-19(9-10-23-17(19)14-5-6-14)12-21-18(20)22-16-8-7-13-3-2-4-15(13)11-16/h7-8,11,14,17H,2-6,9-10,12H2,1H3,(H3,20,21,22). The lowest BCUT2D eigenvalue weighted by Gasteiger charge is -2.28. The zero-order chi connectivity index (χ0) is 15.9. The molecule has 2 unspecified atom stereocenters. The number of anilines is 1. The average molecular weight is 313 g/mol. The molecule has 2 atom stereocenters. The minimum Gasteiger partial charge on any atom is -0.377 e. The Morgan fingerprint density at radius 3 is 3.00 bits per heavy atom. The number of ether oxygens (including phenoxy) is 1. The zero-order valence-corrected chi connectivity index (χ0v) is 14.0. The van der Waals surface area contributed by atoms with Crippen molar-refractivity contribution in [1.29, 1.82) is 0 Å². The lowest BCUT2D eigenvalue weighted by molar-refractivity contribution is 0.0425. The lowest BCUT2D eigenvalue weighted by Crippen LogP contribution is -2.34. The molecule has 0 spiro atoms. The Morgan fingerprint density at radius 2 is 2.17 bits per heavy atom. The summed E-state index contributed by atoms with van der Waals surface area (Å²) < 4.78 is 5.96. The maximum Gasteiger partial charge on any atom is 0.193 e. The van der Waals surface area contributed by atoms with Gasteiger partial charge >= 0.3 is 0 Å². The van der Waals surface area contributed by atoms with Crippen molar-refractivity contribution in [2.24, 2.45) is 22.1 Å². The van der Waals surface area contributed by atoms with Crippen LogP contribution in [0, 0.1) is 11.3 Å². The van der Waals surface area contributed by atoms with E-state index in [2.05, 4.69) is 35.4 Å². The highest BCUT2D eigenvalue weighted by Gasteiger charge is 2.47. The molecule has 1 aromatic carbocycles. The second kappa shape index (κ2) is 5.82. The van der Waals surface area contributed by atoms with Gasteiger partial charge in [0.1, 0.15) is 0 Å². The maximum atomic E-state index is 6.12. The van der Waals surface area contributed by atoms with E-state index < -0.39 is 0 Å². The molecule has 1 aliphatic heterocycles. The Kier molecular flexibility index (Phi) is 3.80. The van der Waals surface area contributed by atoms with Crippen LogP contribution in [-0.4, -0.2) is 25.2 Å². The van der Waals surface area contributed by atoms with Gasteiger partial charge in [0.05, 0.1) is 12.6 Å². The van der Waals surface area contributed by atoms with E-state index >= 15 is 0 Å². The minimum absolute atomic E-state index is 0.144. The summed E-state index contributed by atoms with van der Waals surface area (Å²) >= 11 is 0. The van der Waals surface area contributed by atoms with Crippen LogP contribution in [0.1, 0.15) is 43.7 Å². The number of hydrogen-bond donors (Lipinski definition) is 2. The largest absolute Gasteiger partial charge is 0.377 e. The van der Waals surface area contributed by atoms with E-state index in [-0.39, 0.29) is 5.41 Å². The van der Waals surface area contributed by atoms with Crippen LogP contribution in [0.3, 0.4) is 0 Å². The van der Waals surface area contributed by atoms with E-state index in [4.69, 9.17) is 10.5 Å². The molecule has 1 saturated heterocycles. The molecule has 3 N–H and O–H groups in total. The van der Waals surface area contributed by atoms with E-state index in [1.807, 2.05) is 0 Å². The SMILES string of the molecule is CC1(CN=C(N)Nc2ccc3c(c2)CCC3)CCOC1C1CC1. The minimum atomic E-state index is 0.144. The lowest BCUT2D eigenvalue weighted by atomic mass is 9.81. The Hall–Kier alpha value is -1.55. The Labute approximate surface area is 138 Å². The molecular formula is C19H27N3O. The summed E-state index contributed by atoms with van der Waals surface area (Å²) in [4.78, 5) is 4.63. The van der Waals surface area contributed by atoms with Gasteiger partial charge in [0.2, 0.25) is 0 Å². The molecule has 1 aromatic rings. The first-order valence-electron chi connectivity index (χ1n) is 8.94. The van der Waals surface area contributed by atoms with Gasteiger partial charge in [-0.3, -0.25) is 4.99 Å². The molecule has 2 aliphatic carbocycles. The first kappa shape index (κ1) is 15.0. The van der Waals surface area contributed by atoms with Gasteiger partial charge in [-0.05, 0) is 67.7 Å². The van der Waals surface area contributed by atoms with Gasteiger partial charge in [0.15, 0.2) is 5.96 Å². The first-order valence-corrected chi connectivity index (χ1v) is 8.94. The highest BCUT2D eigenvalue weighted by molar-refractivity contribution is 5.92. The summed E-state index contributed by atoms with van der Waals surface area (Å²) in [6.07, 6.45) is 7.74. The van der Waals surface area contributed by atoms with Gasteiger partial charge in [0, 0.05) is 17.7 Å². The third kappa shape index (κ3) is 3.09. The van der Waals surface area contributed by atoms with E-state index in [1.54, 1.807) is 0 Å². The van der Waals surface area contributed by atoms with Crippen molar-refractivity contribution >= 4 is 11.6 Å². The summed E-state index contributed by atoms with van der Waals surface area (Å²) in [7, 11) is 0. The third-order valence-electron chi connectivity index (χ3n) is 5.69. The first-order chi connectivity index (χ1) is 11.1. The molecule has 1 saturated carbocycles. The molecule has 1 heterocycles. The fourth-order valence-corrected chi connectivity index (χ4v) is 4.14. The quantitative estimate of drug-likeness (QED) is 0.663. The normalized spacial score (nSPS) is 30.5. The molecule has 23 heavy (non-hydrogen) atoms. The molecule has 124 valence electrons. The van der Waals surface area contributed by atoms with Crippen molar-refractivity contribution in [3.05, 3.63) is 29.3 Å². The molecule has 2 fully saturated rings. The zero-order valence-electron chi connectivity index (χ0n) is 14.0. The van der Waals surface area contributed by atoms with E-state index in [0.29, 0.717) is 12.1 Å². The van der Waals surface area contributed by atoms with Gasteiger partial charge in [-0.1, -0.05) is 13.0 Å². The summed E-state index contributed by atoms with van der Waals surface area (Å²) in [6.45, 7) is 3.92. The Morgan fingerprint density at radius 1 is 1.35 bits per heavy atom. The van der Waals surface area contributed by atoms with E-state index in [9.17, 15) is 0 Å². The number of nitrogens with zero attached hydrogens (tertiary/aromatic N) is 1. The van der Waals surface area contributed by atoms with Crippen molar-refractivity contribution in [2.45, 2.75) is 51.6 Å². The Bertz CT molecular complexity index is 623. The predicted octanol–water partition coefficient (Wildman–Crippen LogP) is 3.11. The van der Waals surface area contributed by atoms with Crippen molar-refractivity contribution in [3.63, 3.8) is 0 Å². The van der Waals surface area contributed by atoms with Gasteiger partial charge in [0.25, 0.3) is 0 Å². The number of nitrogens with two attached hydrogens (primary N) is 1. The van der Waals surface area contributed by atoms with Crippen LogP contribution in [0.25, 0.3) is 0 Å². The number of fused-ring (bicyclic) bond motifs is 1. The number of benzene rings is 1. The van der Waals surface area contributed by atoms with E-state index in [1.165, 1.54) is 43.2 Å². The average Bonchev–Trinajstić information content (AvgIpc) is 3.13. The highest BCUT2D eigenvalue weighted by Crippen LogP contribution is 2.47. The molecule has 4 nitrogen and oxygen atoms in total. The van der Waals surface area contributed by atoms with Crippen LogP contribution in [0.2, 0.25) is 0 Å². The van der Waals surface area contributed by atoms with Crippen molar-refractivity contribution < 1.29 is 4.74 Å². The maximum absolute atomic E-state index is 6.12. The smallest absolute Gasteiger partial charge is 0.193 e. The van der Waals surface area contributed by atoms with Crippen LogP contribution in [0.5, 0.6) is 0 Å². The topological polar surface area (TPSA) is 59.6 Å². The molecule has 3 aliphatic rings. The van der Waals surface area contributed by atoms with Crippen LogP contribution in [0.15, 0.2) is 23.2 Å². The monoisotopic (exact) mass is 313 g/mol. The van der Waals surface area contributed by atoms with Crippen LogP contribution in [0.4, 0.5) is 5.69 Å². The molecular weight excluding hydrogens is 286 g/mol. The summed E-state index contributed by atoms with van der Waals surface area (Å²) in [5.41, 5.74) is 10.3. The Balaban J connectivity index is 1.40. The molecule has 4 heteroatoms. The summed E-state index contributed by atoms with van der Waals surface area (Å²) in [6, 6.07) is 6.55. The fourth-order valence-electron chi connectivity index (χ4n) is 4.14. The van der Waals surface area contributed by atoms with Crippen LogP contribution < -0.4 is 11.1 Å². The molecule has 0 bridgehead atoms. The fraction of sp³-hybridized carbons (Fsp3) is 0.632. The molecule has 4 rings (SSSR count). The van der Waals surface area contributed by atoms with Crippen molar-refractivity contribution in [1.82, 2.24) is 0 Å². The van der Waals surface area contributed by atoms with E-state index in [0.717, 1.165) is 31.2 Å². The second-order valence-corrected chi connectivity index (χ2v) is 7.70. The van der Waals surface area contributed by atoms with Crippen molar-refractivity contribution in [2.75, 3.05) is 18.5 Å². The van der Waals surface area contributed by atoms with Crippen molar-refractivity contribution in [3.8, 4) is 0 Å². The van der Waals surface area contributed by atoms with Crippen LogP contribution >= 0.6 is 0 Å². The van der Waals surface area contributed by atoms with Gasteiger partial charge in [-0.25, -0.2) is 0 Å². The number of rotatable bonds is 4. The third-order valence-corrected chi connectivity index (χ3v) is 5.69. The van der Waals surface area contributed by atoms with Crippen LogP contribution in [-0.2, 0) is 17.6 Å². The summed E-state index contributed by atoms with van der Waals surface area (Å²) in [5, 5.41) is 3.26. The van der Waals surface area contributed by atoms with Gasteiger partial charge in [-0.2, -0.15) is 0 Å². The predicted molar refractivity (Wildman–Crippen MR) is 93.8 cm³/mol. The highest BCUT2D eigenvalue weighted by atomic mass is 16.5. The number of guanidine groups is 1. The van der Waals surface area contributed by atoms with Gasteiger partial charge in [-0.15, -0.1) is 0 Å². The number of nitrogens with one attached hydrogen (secondary N) is 1.